The van der Waals surface area contributed by atoms with Crippen LogP contribution >= 0.6 is 35.7 Å². The van der Waals surface area contributed by atoms with Gasteiger partial charge in [0.25, 0.3) is 0 Å². The van der Waals surface area contributed by atoms with Crippen molar-refractivity contribution in [3.8, 4) is 5.82 Å². The summed E-state index contributed by atoms with van der Waals surface area (Å²) in [4.78, 5) is 10.1. The number of guanidine groups is 1. The van der Waals surface area contributed by atoms with Gasteiger partial charge in [0.05, 0.1) is 5.69 Å². The molecule has 2 N–H and O–H groups in total. The van der Waals surface area contributed by atoms with E-state index >= 15 is 0 Å². The van der Waals surface area contributed by atoms with Crippen molar-refractivity contribution in [1.29, 1.82) is 0 Å². The maximum atomic E-state index is 4.53. The van der Waals surface area contributed by atoms with Crippen molar-refractivity contribution in [2.45, 2.75) is 25.3 Å². The molecule has 0 unspecified atom stereocenters. The van der Waals surface area contributed by atoms with Gasteiger partial charge in [0.15, 0.2) is 11.8 Å². The van der Waals surface area contributed by atoms with E-state index in [9.17, 15) is 0 Å². The maximum Gasteiger partial charge on any atom is 0.191 e. The summed E-state index contributed by atoms with van der Waals surface area (Å²) in [5.41, 5.74) is 3.16. The third-order valence-corrected chi connectivity index (χ3v) is 5.14. The first-order chi connectivity index (χ1) is 13.7. The van der Waals surface area contributed by atoms with E-state index in [1.165, 1.54) is 4.90 Å². The lowest BCUT2D eigenvalue weighted by atomic mass is 10.3. The molecule has 0 spiro atoms. The highest BCUT2D eigenvalue weighted by atomic mass is 127. The Bertz CT molecular complexity index is 909. The van der Waals surface area contributed by atoms with Gasteiger partial charge in [-0.25, -0.2) is 9.67 Å². The van der Waals surface area contributed by atoms with Gasteiger partial charge in [0.1, 0.15) is 0 Å². The SMILES string of the molecule is CN=C(NCCSc1ccccc1)NCc1ccc(-n2nc(C)cc2C)nc1.I. The largest absolute Gasteiger partial charge is 0.356 e. The molecule has 1 aromatic carbocycles. The lowest BCUT2D eigenvalue weighted by Crippen LogP contribution is -2.37. The number of benzene rings is 1. The lowest BCUT2D eigenvalue weighted by Gasteiger charge is -2.12. The zero-order chi connectivity index (χ0) is 19.8. The van der Waals surface area contributed by atoms with Gasteiger partial charge >= 0.3 is 0 Å². The van der Waals surface area contributed by atoms with Crippen molar-refractivity contribution >= 4 is 41.7 Å². The molecule has 0 saturated heterocycles. The predicted molar refractivity (Wildman–Crippen MR) is 132 cm³/mol. The fourth-order valence-electron chi connectivity index (χ4n) is 2.77. The van der Waals surface area contributed by atoms with Crippen LogP contribution in [-0.2, 0) is 6.54 Å². The second kappa shape index (κ2) is 11.8. The Labute approximate surface area is 193 Å². The Morgan fingerprint density at radius 1 is 1.10 bits per heavy atom. The summed E-state index contributed by atoms with van der Waals surface area (Å²) in [6.45, 7) is 5.52. The van der Waals surface area contributed by atoms with Crippen LogP contribution in [0.3, 0.4) is 0 Å². The molecule has 3 aromatic rings. The summed E-state index contributed by atoms with van der Waals surface area (Å²) in [5, 5.41) is 11.1. The second-order valence-corrected chi connectivity index (χ2v) is 7.55. The molecule has 2 heterocycles. The van der Waals surface area contributed by atoms with Crippen LogP contribution in [0.15, 0.2) is 64.6 Å². The van der Waals surface area contributed by atoms with Crippen molar-refractivity contribution in [1.82, 2.24) is 25.4 Å². The number of pyridine rings is 1. The molecule has 0 radical (unpaired) electrons. The van der Waals surface area contributed by atoms with Crippen molar-refractivity contribution < 1.29 is 0 Å². The molecule has 0 fully saturated rings. The standard InChI is InChI=1S/C21H26N6S.HI/c1-16-13-17(2)27(26-16)20-10-9-18(14-24-20)15-25-21(22-3)23-11-12-28-19-7-5-4-6-8-19;/h4-10,13-14H,11-12,15H2,1-3H3,(H2,22,23,25);1H. The van der Waals surface area contributed by atoms with Crippen LogP contribution < -0.4 is 10.6 Å². The lowest BCUT2D eigenvalue weighted by molar-refractivity contribution is 0.795. The van der Waals surface area contributed by atoms with E-state index in [0.29, 0.717) is 6.54 Å². The number of hydrogen-bond acceptors (Lipinski definition) is 4. The maximum absolute atomic E-state index is 4.53. The van der Waals surface area contributed by atoms with Crippen molar-refractivity contribution in [2.24, 2.45) is 4.99 Å². The summed E-state index contributed by atoms with van der Waals surface area (Å²) in [7, 11) is 1.78. The number of aromatic nitrogens is 3. The number of hydrogen-bond donors (Lipinski definition) is 2. The Balaban J connectivity index is 0.00000300. The zero-order valence-electron chi connectivity index (χ0n) is 16.9. The van der Waals surface area contributed by atoms with Crippen molar-refractivity contribution in [2.75, 3.05) is 19.3 Å². The zero-order valence-corrected chi connectivity index (χ0v) is 20.1. The van der Waals surface area contributed by atoms with Crippen LogP contribution in [-0.4, -0.2) is 40.1 Å². The Morgan fingerprint density at radius 2 is 1.90 bits per heavy atom. The number of aliphatic imine (C=N–C) groups is 1. The summed E-state index contributed by atoms with van der Waals surface area (Å²) >= 11 is 1.83. The van der Waals surface area contributed by atoms with Crippen molar-refractivity contribution in [3.63, 3.8) is 0 Å². The number of halogens is 1. The van der Waals surface area contributed by atoms with Crippen molar-refractivity contribution in [3.05, 3.63) is 71.7 Å². The summed E-state index contributed by atoms with van der Waals surface area (Å²) in [5.74, 6) is 2.59. The van der Waals surface area contributed by atoms with Gasteiger partial charge < -0.3 is 10.6 Å². The van der Waals surface area contributed by atoms with E-state index < -0.39 is 0 Å². The molecule has 154 valence electrons. The minimum absolute atomic E-state index is 0. The fraction of sp³-hybridized carbons (Fsp3) is 0.286. The Kier molecular flexibility index (Phi) is 9.46. The number of nitrogens with one attached hydrogen (secondary N) is 2. The normalized spacial score (nSPS) is 11.1. The molecule has 29 heavy (non-hydrogen) atoms. The van der Waals surface area contributed by atoms with Gasteiger partial charge in [-0.05, 0) is 43.7 Å². The fourth-order valence-corrected chi connectivity index (χ4v) is 3.56. The minimum Gasteiger partial charge on any atom is -0.356 e. The molecule has 6 nitrogen and oxygen atoms in total. The third kappa shape index (κ3) is 7.04. The van der Waals surface area contributed by atoms with Crippen LogP contribution in [0.5, 0.6) is 0 Å². The summed E-state index contributed by atoms with van der Waals surface area (Å²) < 4.78 is 1.86. The summed E-state index contributed by atoms with van der Waals surface area (Å²) in [6, 6.07) is 16.5. The average Bonchev–Trinajstić information content (AvgIpc) is 3.06. The first-order valence-corrected chi connectivity index (χ1v) is 10.2. The van der Waals surface area contributed by atoms with Gasteiger partial charge in [-0.1, -0.05) is 24.3 Å². The monoisotopic (exact) mass is 522 g/mol. The van der Waals surface area contributed by atoms with E-state index in [2.05, 4.69) is 56.0 Å². The molecule has 0 atom stereocenters. The smallest absolute Gasteiger partial charge is 0.191 e. The number of aryl methyl sites for hydroxylation is 2. The van der Waals surface area contributed by atoms with Crippen LogP contribution in [0.25, 0.3) is 5.82 Å². The first kappa shape index (κ1) is 23.2. The third-order valence-electron chi connectivity index (χ3n) is 4.13. The number of nitrogens with zero attached hydrogens (tertiary/aromatic N) is 4. The van der Waals surface area contributed by atoms with Crippen LogP contribution in [0.1, 0.15) is 17.0 Å². The van der Waals surface area contributed by atoms with E-state index in [0.717, 1.165) is 41.0 Å². The second-order valence-electron chi connectivity index (χ2n) is 6.38. The van der Waals surface area contributed by atoms with E-state index in [-0.39, 0.29) is 24.0 Å². The molecular weight excluding hydrogens is 495 g/mol. The molecule has 0 aliphatic rings. The molecule has 0 aliphatic carbocycles. The van der Waals surface area contributed by atoms with Crippen LogP contribution in [0, 0.1) is 13.8 Å². The highest BCUT2D eigenvalue weighted by Gasteiger charge is 2.05. The first-order valence-electron chi connectivity index (χ1n) is 9.26. The van der Waals surface area contributed by atoms with E-state index in [1.807, 2.05) is 54.7 Å². The van der Waals surface area contributed by atoms with Gasteiger partial charge in [-0.3, -0.25) is 4.99 Å². The Morgan fingerprint density at radius 3 is 2.52 bits per heavy atom. The highest BCUT2D eigenvalue weighted by Crippen LogP contribution is 2.15. The van der Waals surface area contributed by atoms with Crippen LogP contribution in [0.2, 0.25) is 0 Å². The average molecular weight is 522 g/mol. The van der Waals surface area contributed by atoms with Gasteiger partial charge in [-0.2, -0.15) is 5.10 Å². The molecule has 8 heteroatoms. The highest BCUT2D eigenvalue weighted by molar-refractivity contribution is 14.0. The molecular formula is C21H27IN6S. The molecule has 3 rings (SSSR count). The summed E-state index contributed by atoms with van der Waals surface area (Å²) in [6.07, 6.45) is 1.87. The van der Waals surface area contributed by atoms with E-state index in [1.54, 1.807) is 7.05 Å². The Hall–Kier alpha value is -2.07. The van der Waals surface area contributed by atoms with Gasteiger partial charge in [0.2, 0.25) is 0 Å². The minimum atomic E-state index is 0. The van der Waals surface area contributed by atoms with Crippen LogP contribution in [0.4, 0.5) is 0 Å². The molecule has 0 amide bonds. The number of thioether (sulfide) groups is 1. The molecule has 2 aromatic heterocycles. The van der Waals surface area contributed by atoms with Gasteiger partial charge in [-0.15, -0.1) is 35.7 Å². The quantitative estimate of drug-likeness (QED) is 0.162. The van der Waals surface area contributed by atoms with Gasteiger partial charge in [0, 0.05) is 42.7 Å². The topological polar surface area (TPSA) is 67.1 Å². The molecule has 0 saturated carbocycles. The number of rotatable bonds is 7. The van der Waals surface area contributed by atoms with E-state index in [4.69, 9.17) is 0 Å². The molecule has 0 aliphatic heterocycles. The predicted octanol–water partition coefficient (Wildman–Crippen LogP) is 3.96. The molecule has 0 bridgehead atoms.